The number of anilines is 1. The minimum atomic E-state index is -0.131. The van der Waals surface area contributed by atoms with E-state index in [9.17, 15) is 9.59 Å². The number of hydrogen-bond acceptors (Lipinski definition) is 3. The van der Waals surface area contributed by atoms with Crippen molar-refractivity contribution in [2.75, 3.05) is 25.0 Å². The molecule has 2 rings (SSSR count). The van der Waals surface area contributed by atoms with Crippen LogP contribution >= 0.6 is 0 Å². The number of benzene rings is 1. The quantitative estimate of drug-likeness (QED) is 0.854. The van der Waals surface area contributed by atoms with Crippen LogP contribution in [0, 0.1) is 5.41 Å². The van der Waals surface area contributed by atoms with Crippen molar-refractivity contribution in [1.29, 1.82) is 0 Å². The topological polar surface area (TPSA) is 58.6 Å². The van der Waals surface area contributed by atoms with Gasteiger partial charge in [-0.1, -0.05) is 20.8 Å². The van der Waals surface area contributed by atoms with E-state index in [2.05, 4.69) is 26.1 Å². The summed E-state index contributed by atoms with van der Waals surface area (Å²) in [7, 11) is 0. The van der Waals surface area contributed by atoms with Crippen LogP contribution in [0.5, 0.6) is 0 Å². The normalized spacial score (nSPS) is 18.9. The van der Waals surface area contributed by atoms with Crippen molar-refractivity contribution >= 4 is 17.5 Å². The van der Waals surface area contributed by atoms with Crippen LogP contribution in [0.1, 0.15) is 38.1 Å². The average molecular weight is 304 g/mol. The van der Waals surface area contributed by atoms with E-state index >= 15 is 0 Å². The predicted octanol–water partition coefficient (Wildman–Crippen LogP) is 3.17. The molecule has 0 spiro atoms. The van der Waals surface area contributed by atoms with Gasteiger partial charge >= 0.3 is 6.03 Å². The van der Waals surface area contributed by atoms with Gasteiger partial charge in [0.1, 0.15) is 0 Å². The highest BCUT2D eigenvalue weighted by Gasteiger charge is 2.32. The monoisotopic (exact) mass is 304 g/mol. The third kappa shape index (κ3) is 4.07. The minimum Gasteiger partial charge on any atom is -0.374 e. The Morgan fingerprint density at radius 2 is 1.86 bits per heavy atom. The molecule has 1 aliphatic heterocycles. The number of urea groups is 1. The fourth-order valence-electron chi connectivity index (χ4n) is 2.35. The first-order valence-electron chi connectivity index (χ1n) is 7.56. The summed E-state index contributed by atoms with van der Waals surface area (Å²) in [5, 5.41) is 2.87. The molecular formula is C17H24N2O3. The predicted molar refractivity (Wildman–Crippen MR) is 86.2 cm³/mol. The van der Waals surface area contributed by atoms with Crippen molar-refractivity contribution in [2.45, 2.75) is 33.8 Å². The smallest absolute Gasteiger partial charge is 0.322 e. The molecule has 2 amide bonds. The van der Waals surface area contributed by atoms with Gasteiger partial charge in [-0.25, -0.2) is 4.79 Å². The molecular weight excluding hydrogens is 280 g/mol. The molecule has 0 unspecified atom stereocenters. The Bertz CT molecular complexity index is 546. The van der Waals surface area contributed by atoms with E-state index in [-0.39, 0.29) is 23.3 Å². The SMILES string of the molecule is CC(=O)c1ccc(NC(=O)N2CCO[C@@H](C(C)(C)C)C2)cc1. The van der Waals surface area contributed by atoms with Gasteiger partial charge in [0.2, 0.25) is 0 Å². The standard InChI is InChI=1S/C17H24N2O3/c1-12(20)13-5-7-14(8-6-13)18-16(21)19-9-10-22-15(11-19)17(2,3)4/h5-8,15H,9-11H2,1-4H3,(H,18,21)/t15-/m1/s1. The molecule has 0 bridgehead atoms. The van der Waals surface area contributed by atoms with Crippen molar-refractivity contribution < 1.29 is 14.3 Å². The second-order valence-electron chi connectivity index (χ2n) is 6.74. The van der Waals surface area contributed by atoms with Crippen LogP contribution in [0.4, 0.5) is 10.5 Å². The molecule has 22 heavy (non-hydrogen) atoms. The van der Waals surface area contributed by atoms with Crippen LogP contribution in [0.2, 0.25) is 0 Å². The number of nitrogens with zero attached hydrogens (tertiary/aromatic N) is 1. The molecule has 1 fully saturated rings. The molecule has 120 valence electrons. The van der Waals surface area contributed by atoms with Gasteiger partial charge in [0, 0.05) is 24.3 Å². The van der Waals surface area contributed by atoms with Crippen LogP contribution in [0.3, 0.4) is 0 Å². The number of carbonyl (C=O) groups is 2. The summed E-state index contributed by atoms with van der Waals surface area (Å²) in [5.41, 5.74) is 1.33. The van der Waals surface area contributed by atoms with Crippen molar-refractivity contribution in [2.24, 2.45) is 5.41 Å². The van der Waals surface area contributed by atoms with Gasteiger partial charge in [-0.2, -0.15) is 0 Å². The number of hydrogen-bond donors (Lipinski definition) is 1. The van der Waals surface area contributed by atoms with Gasteiger partial charge < -0.3 is 15.0 Å². The largest absolute Gasteiger partial charge is 0.374 e. The number of morpholine rings is 1. The zero-order chi connectivity index (χ0) is 16.3. The Kier molecular flexibility index (Phi) is 4.86. The third-order valence-corrected chi connectivity index (χ3v) is 3.86. The average Bonchev–Trinajstić information content (AvgIpc) is 2.47. The lowest BCUT2D eigenvalue weighted by atomic mass is 9.88. The molecule has 1 N–H and O–H groups in total. The summed E-state index contributed by atoms with van der Waals surface area (Å²) in [6.45, 7) is 9.58. The summed E-state index contributed by atoms with van der Waals surface area (Å²) >= 11 is 0. The van der Waals surface area contributed by atoms with Gasteiger partial charge in [0.15, 0.2) is 5.78 Å². The molecule has 5 nitrogen and oxygen atoms in total. The summed E-state index contributed by atoms with van der Waals surface area (Å²) in [6, 6.07) is 6.80. The molecule has 1 aliphatic rings. The Morgan fingerprint density at radius 1 is 1.23 bits per heavy atom. The maximum atomic E-state index is 12.4. The van der Waals surface area contributed by atoms with E-state index in [1.165, 1.54) is 6.92 Å². The van der Waals surface area contributed by atoms with E-state index in [0.717, 1.165) is 0 Å². The van der Waals surface area contributed by atoms with E-state index in [1.54, 1.807) is 29.2 Å². The lowest BCUT2D eigenvalue weighted by Gasteiger charge is -2.39. The Morgan fingerprint density at radius 3 is 2.41 bits per heavy atom. The molecule has 1 heterocycles. The highest BCUT2D eigenvalue weighted by atomic mass is 16.5. The zero-order valence-electron chi connectivity index (χ0n) is 13.7. The van der Waals surface area contributed by atoms with Gasteiger partial charge in [-0.3, -0.25) is 4.79 Å². The lowest BCUT2D eigenvalue weighted by Crippen LogP contribution is -2.51. The Hall–Kier alpha value is -1.88. The maximum Gasteiger partial charge on any atom is 0.322 e. The summed E-state index contributed by atoms with van der Waals surface area (Å²) in [5.74, 6) is 0.0130. The molecule has 0 saturated carbocycles. The fourth-order valence-corrected chi connectivity index (χ4v) is 2.35. The van der Waals surface area contributed by atoms with Crippen LogP contribution in [0.15, 0.2) is 24.3 Å². The molecule has 0 aromatic heterocycles. The molecule has 1 saturated heterocycles. The van der Waals surface area contributed by atoms with E-state index in [0.29, 0.717) is 30.9 Å². The van der Waals surface area contributed by atoms with E-state index in [4.69, 9.17) is 4.74 Å². The first-order chi connectivity index (χ1) is 10.3. The second-order valence-corrected chi connectivity index (χ2v) is 6.74. The molecule has 0 radical (unpaired) electrons. The Labute approximate surface area is 131 Å². The van der Waals surface area contributed by atoms with Crippen molar-refractivity contribution in [3.63, 3.8) is 0 Å². The summed E-state index contributed by atoms with van der Waals surface area (Å²) in [4.78, 5) is 25.4. The van der Waals surface area contributed by atoms with Gasteiger partial charge in [-0.15, -0.1) is 0 Å². The van der Waals surface area contributed by atoms with Crippen LogP contribution in [0.25, 0.3) is 0 Å². The van der Waals surface area contributed by atoms with Crippen LogP contribution < -0.4 is 5.32 Å². The number of ketones is 1. The Balaban J connectivity index is 1.98. The maximum absolute atomic E-state index is 12.4. The van der Waals surface area contributed by atoms with Crippen molar-refractivity contribution in [1.82, 2.24) is 4.90 Å². The number of carbonyl (C=O) groups excluding carboxylic acids is 2. The van der Waals surface area contributed by atoms with Crippen molar-refractivity contribution in [3.05, 3.63) is 29.8 Å². The molecule has 1 atom stereocenters. The van der Waals surface area contributed by atoms with Crippen LogP contribution in [-0.2, 0) is 4.74 Å². The van der Waals surface area contributed by atoms with E-state index < -0.39 is 0 Å². The molecule has 1 aromatic rings. The second kappa shape index (κ2) is 6.48. The lowest BCUT2D eigenvalue weighted by molar-refractivity contribution is -0.0664. The highest BCUT2D eigenvalue weighted by Crippen LogP contribution is 2.25. The molecule has 1 aromatic carbocycles. The fraction of sp³-hybridized carbons (Fsp3) is 0.529. The number of ether oxygens (including phenoxy) is 1. The summed E-state index contributed by atoms with van der Waals surface area (Å²) in [6.07, 6.45) is 0.0343. The first-order valence-corrected chi connectivity index (χ1v) is 7.56. The minimum absolute atomic E-state index is 0.00207. The first kappa shape index (κ1) is 16.5. The van der Waals surface area contributed by atoms with Gasteiger partial charge in [-0.05, 0) is 36.6 Å². The molecule has 0 aliphatic carbocycles. The number of amides is 2. The molecule has 5 heteroatoms. The van der Waals surface area contributed by atoms with Gasteiger partial charge in [0.05, 0.1) is 12.7 Å². The number of rotatable bonds is 2. The van der Waals surface area contributed by atoms with E-state index in [1.807, 2.05) is 0 Å². The van der Waals surface area contributed by atoms with Crippen molar-refractivity contribution in [3.8, 4) is 0 Å². The van der Waals surface area contributed by atoms with Gasteiger partial charge in [0.25, 0.3) is 0 Å². The number of nitrogens with one attached hydrogen (secondary N) is 1. The third-order valence-electron chi connectivity index (χ3n) is 3.86. The zero-order valence-corrected chi connectivity index (χ0v) is 13.7. The number of Topliss-reactive ketones (excluding diaryl/α,β-unsaturated/α-hetero) is 1. The summed E-state index contributed by atoms with van der Waals surface area (Å²) < 4.78 is 5.76. The van der Waals surface area contributed by atoms with Crippen LogP contribution in [-0.4, -0.2) is 42.5 Å². The highest BCUT2D eigenvalue weighted by molar-refractivity contribution is 5.95.